The Labute approximate surface area is 153 Å². The lowest BCUT2D eigenvalue weighted by molar-refractivity contribution is -0.130. The van der Waals surface area contributed by atoms with E-state index in [-0.39, 0.29) is 5.91 Å². The lowest BCUT2D eigenvalue weighted by Gasteiger charge is -2.37. The molecule has 1 fully saturated rings. The van der Waals surface area contributed by atoms with Gasteiger partial charge in [0.25, 0.3) is 0 Å². The van der Waals surface area contributed by atoms with E-state index >= 15 is 0 Å². The number of thioether (sulfide) groups is 1. The van der Waals surface area contributed by atoms with Gasteiger partial charge in [0.15, 0.2) is 5.82 Å². The van der Waals surface area contributed by atoms with Crippen LogP contribution in [0.15, 0.2) is 54.9 Å². The van der Waals surface area contributed by atoms with Crippen LogP contribution in [0.5, 0.6) is 0 Å². The fraction of sp³-hybridized carbons (Fsp3) is 0.167. The van der Waals surface area contributed by atoms with Crippen molar-refractivity contribution in [2.24, 2.45) is 0 Å². The molecule has 3 heterocycles. The molecule has 2 aliphatic rings. The minimum absolute atomic E-state index is 0.0937. The first-order valence-electron chi connectivity index (χ1n) is 7.89. The Morgan fingerprint density at radius 3 is 2.84 bits per heavy atom. The summed E-state index contributed by atoms with van der Waals surface area (Å²) in [4.78, 5) is 14.1. The van der Waals surface area contributed by atoms with Crippen LogP contribution in [-0.2, 0) is 16.2 Å². The van der Waals surface area contributed by atoms with E-state index in [4.69, 9.17) is 11.6 Å². The van der Waals surface area contributed by atoms with Crippen LogP contribution in [0, 0.1) is 0 Å². The van der Waals surface area contributed by atoms with Crippen LogP contribution in [-0.4, -0.2) is 31.3 Å². The Morgan fingerprint density at radius 2 is 2.00 bits per heavy atom. The van der Waals surface area contributed by atoms with Crippen molar-refractivity contribution >= 4 is 29.3 Å². The van der Waals surface area contributed by atoms with Gasteiger partial charge in [0.1, 0.15) is 11.2 Å². The maximum absolute atomic E-state index is 12.8. The van der Waals surface area contributed by atoms with E-state index in [1.807, 2.05) is 45.9 Å². The van der Waals surface area contributed by atoms with Crippen molar-refractivity contribution < 1.29 is 4.79 Å². The predicted molar refractivity (Wildman–Crippen MR) is 96.6 cm³/mol. The van der Waals surface area contributed by atoms with Gasteiger partial charge in [0.05, 0.1) is 18.0 Å². The molecule has 0 spiro atoms. The fourth-order valence-electron chi connectivity index (χ4n) is 3.68. The van der Waals surface area contributed by atoms with Gasteiger partial charge in [-0.15, -0.1) is 22.0 Å². The second-order valence-corrected chi connectivity index (χ2v) is 7.66. The molecule has 0 bridgehead atoms. The zero-order valence-corrected chi connectivity index (χ0v) is 14.7. The molecule has 2 aromatic carbocycles. The number of rotatable bonds is 1. The average molecular weight is 369 g/mol. The zero-order chi connectivity index (χ0) is 17.0. The molecule has 0 N–H and O–H groups in total. The SMILES string of the molecule is O=C1CSC2(c3ccccc3)c3cc(Cl)ccc3-n3cnnc3CN12. The predicted octanol–water partition coefficient (Wildman–Crippen LogP) is 3.21. The topological polar surface area (TPSA) is 51.0 Å². The Morgan fingerprint density at radius 1 is 1.16 bits per heavy atom. The van der Waals surface area contributed by atoms with E-state index in [0.717, 1.165) is 22.6 Å². The average Bonchev–Trinajstić information content (AvgIpc) is 3.20. The second kappa shape index (κ2) is 5.34. The molecular formula is C18H13ClN4OS. The number of hydrogen-bond donors (Lipinski definition) is 0. The number of hydrogen-bond acceptors (Lipinski definition) is 4. The van der Waals surface area contributed by atoms with Crippen molar-refractivity contribution in [2.75, 3.05) is 5.75 Å². The van der Waals surface area contributed by atoms with Crippen molar-refractivity contribution in [2.45, 2.75) is 11.4 Å². The zero-order valence-electron chi connectivity index (χ0n) is 13.1. The number of carbonyl (C=O) groups excluding carboxylic acids is 1. The summed E-state index contributed by atoms with van der Waals surface area (Å²) in [5.41, 5.74) is 3.01. The van der Waals surface area contributed by atoms with E-state index in [2.05, 4.69) is 22.3 Å². The first kappa shape index (κ1) is 15.0. The van der Waals surface area contributed by atoms with Gasteiger partial charge in [-0.2, -0.15) is 0 Å². The highest BCUT2D eigenvalue weighted by atomic mass is 35.5. The molecule has 3 aromatic rings. The number of nitrogens with zero attached hydrogens (tertiary/aromatic N) is 4. The third-order valence-corrected chi connectivity index (χ3v) is 6.47. The highest BCUT2D eigenvalue weighted by Gasteiger charge is 2.52. The normalized spacial score (nSPS) is 21.5. The number of carbonyl (C=O) groups is 1. The van der Waals surface area contributed by atoms with E-state index in [1.165, 1.54) is 0 Å². The van der Waals surface area contributed by atoms with Gasteiger partial charge in [-0.3, -0.25) is 9.36 Å². The first-order valence-corrected chi connectivity index (χ1v) is 9.26. The van der Waals surface area contributed by atoms with Crippen molar-refractivity contribution in [3.8, 4) is 5.69 Å². The Hall–Kier alpha value is -2.31. The molecule has 25 heavy (non-hydrogen) atoms. The van der Waals surface area contributed by atoms with Gasteiger partial charge < -0.3 is 4.90 Å². The minimum atomic E-state index is -0.612. The summed E-state index contributed by atoms with van der Waals surface area (Å²) in [5, 5.41) is 8.92. The maximum atomic E-state index is 12.8. The molecule has 0 saturated carbocycles. The largest absolute Gasteiger partial charge is 0.311 e. The third-order valence-electron chi connectivity index (χ3n) is 4.75. The van der Waals surface area contributed by atoms with E-state index in [9.17, 15) is 4.79 Å². The van der Waals surface area contributed by atoms with Crippen LogP contribution in [0.2, 0.25) is 5.02 Å². The van der Waals surface area contributed by atoms with E-state index < -0.39 is 4.87 Å². The van der Waals surface area contributed by atoms with Crippen LogP contribution in [0.25, 0.3) is 5.69 Å². The molecule has 1 unspecified atom stereocenters. The molecule has 124 valence electrons. The molecule has 1 saturated heterocycles. The Kier molecular flexibility index (Phi) is 3.20. The smallest absolute Gasteiger partial charge is 0.234 e. The van der Waals surface area contributed by atoms with Crippen LogP contribution >= 0.6 is 23.4 Å². The number of amides is 1. The summed E-state index contributed by atoms with van der Waals surface area (Å²) in [7, 11) is 0. The first-order chi connectivity index (χ1) is 12.2. The second-order valence-electron chi connectivity index (χ2n) is 6.06. The van der Waals surface area contributed by atoms with Gasteiger partial charge in [-0.1, -0.05) is 41.9 Å². The summed E-state index contributed by atoms with van der Waals surface area (Å²) < 4.78 is 1.95. The van der Waals surface area contributed by atoms with Gasteiger partial charge in [0, 0.05) is 10.6 Å². The summed E-state index contributed by atoms with van der Waals surface area (Å²) >= 11 is 7.98. The van der Waals surface area contributed by atoms with Crippen LogP contribution in [0.4, 0.5) is 0 Å². The number of benzene rings is 2. The number of aromatic nitrogens is 3. The molecular weight excluding hydrogens is 356 g/mol. The van der Waals surface area contributed by atoms with Gasteiger partial charge in [-0.25, -0.2) is 0 Å². The molecule has 1 aromatic heterocycles. The molecule has 2 aliphatic heterocycles. The van der Waals surface area contributed by atoms with Crippen molar-refractivity contribution in [3.05, 3.63) is 76.8 Å². The van der Waals surface area contributed by atoms with Gasteiger partial charge in [0.2, 0.25) is 5.91 Å². The summed E-state index contributed by atoms with van der Waals surface area (Å²) in [5.74, 6) is 1.27. The lowest BCUT2D eigenvalue weighted by Crippen LogP contribution is -2.42. The molecule has 5 rings (SSSR count). The number of fused-ring (bicyclic) bond motifs is 5. The molecule has 1 atom stereocenters. The van der Waals surface area contributed by atoms with Crippen molar-refractivity contribution in [3.63, 3.8) is 0 Å². The summed E-state index contributed by atoms with van der Waals surface area (Å²) in [6, 6.07) is 15.9. The minimum Gasteiger partial charge on any atom is -0.311 e. The maximum Gasteiger partial charge on any atom is 0.234 e. The number of halogens is 1. The monoisotopic (exact) mass is 368 g/mol. The highest BCUT2D eigenvalue weighted by Crippen LogP contribution is 2.54. The van der Waals surface area contributed by atoms with Crippen LogP contribution in [0.3, 0.4) is 0 Å². The fourth-order valence-corrected chi connectivity index (χ4v) is 5.28. The van der Waals surface area contributed by atoms with Crippen LogP contribution in [0.1, 0.15) is 17.0 Å². The van der Waals surface area contributed by atoms with Gasteiger partial charge >= 0.3 is 0 Å². The molecule has 1 amide bonds. The molecule has 5 nitrogen and oxygen atoms in total. The van der Waals surface area contributed by atoms with Crippen molar-refractivity contribution in [1.29, 1.82) is 0 Å². The van der Waals surface area contributed by atoms with Crippen LogP contribution < -0.4 is 0 Å². The molecule has 7 heteroatoms. The standard InChI is InChI=1S/C18H13ClN4OS/c19-13-6-7-15-14(8-13)18(12-4-2-1-3-5-12)23(17(24)10-25-18)9-16-21-20-11-22(15)16/h1-8,11H,9-10H2. The summed E-state index contributed by atoms with van der Waals surface area (Å²) in [6.07, 6.45) is 1.69. The molecule has 0 radical (unpaired) electrons. The van der Waals surface area contributed by atoms with Gasteiger partial charge in [-0.05, 0) is 23.8 Å². The third kappa shape index (κ3) is 2.01. The van der Waals surface area contributed by atoms with Crippen molar-refractivity contribution in [1.82, 2.24) is 19.7 Å². The van der Waals surface area contributed by atoms with E-state index in [1.54, 1.807) is 18.1 Å². The highest BCUT2D eigenvalue weighted by molar-refractivity contribution is 8.01. The lowest BCUT2D eigenvalue weighted by atomic mass is 9.95. The quantitative estimate of drug-likeness (QED) is 0.661. The Bertz CT molecular complexity index is 990. The van der Waals surface area contributed by atoms with E-state index in [0.29, 0.717) is 17.3 Å². The Balaban J connectivity index is 1.89. The molecule has 0 aliphatic carbocycles. The summed E-state index contributed by atoms with van der Waals surface area (Å²) in [6.45, 7) is 0.410.